The molecule has 32 heavy (non-hydrogen) atoms. The number of benzene rings is 1. The minimum Gasteiger partial charge on any atom is -0.350 e. The summed E-state index contributed by atoms with van der Waals surface area (Å²) in [6, 6.07) is 5.02. The molecule has 1 aromatic carbocycles. The molecular weight excluding hydrogens is 463 g/mol. The third-order valence-corrected chi connectivity index (χ3v) is 8.84. The summed E-state index contributed by atoms with van der Waals surface area (Å²) in [4.78, 5) is 12.3. The van der Waals surface area contributed by atoms with Gasteiger partial charge in [-0.05, 0) is 48.4 Å². The van der Waals surface area contributed by atoms with Gasteiger partial charge < -0.3 is 10.6 Å². The maximum atomic E-state index is 14.0. The largest absolute Gasteiger partial charge is 0.409 e. The number of carbonyl (C=O) groups excluding carboxylic acids is 1. The summed E-state index contributed by atoms with van der Waals surface area (Å²) in [5.74, 6) is -0.591. The van der Waals surface area contributed by atoms with Crippen LogP contribution in [0, 0.1) is 0 Å². The van der Waals surface area contributed by atoms with E-state index in [2.05, 4.69) is 10.6 Å². The third kappa shape index (κ3) is 4.57. The Morgan fingerprint density at radius 2 is 2.00 bits per heavy atom. The first-order valence-electron chi connectivity index (χ1n) is 10.4. The van der Waals surface area contributed by atoms with Crippen LogP contribution in [-0.2, 0) is 16.4 Å². The second kappa shape index (κ2) is 9.12. The maximum Gasteiger partial charge on any atom is 0.409 e. The van der Waals surface area contributed by atoms with Crippen molar-refractivity contribution >= 4 is 27.3 Å². The van der Waals surface area contributed by atoms with E-state index in [0.29, 0.717) is 16.4 Å². The van der Waals surface area contributed by atoms with E-state index in [-0.39, 0.29) is 34.3 Å². The van der Waals surface area contributed by atoms with Gasteiger partial charge in [0, 0.05) is 19.1 Å². The van der Waals surface area contributed by atoms with Gasteiger partial charge in [0.1, 0.15) is 15.8 Å². The Balaban J connectivity index is 1.61. The second-order valence-corrected chi connectivity index (χ2v) is 10.8. The number of rotatable bonds is 5. The number of alkyl halides is 3. The molecule has 1 fully saturated rings. The number of hydrogen-bond donors (Lipinski definition) is 2. The SMILES string of the molecule is O=C(NC[C@H]1CCCCN1)c1sccc1S(=O)(=O)N1CCc2ccccc2C1C(F)(F)F. The highest BCUT2D eigenvalue weighted by molar-refractivity contribution is 7.89. The Hall–Kier alpha value is -1.95. The van der Waals surface area contributed by atoms with Crippen LogP contribution < -0.4 is 10.6 Å². The number of piperidine rings is 1. The van der Waals surface area contributed by atoms with Crippen LogP contribution in [0.1, 0.15) is 46.1 Å². The van der Waals surface area contributed by atoms with Crippen LogP contribution in [0.2, 0.25) is 0 Å². The van der Waals surface area contributed by atoms with Gasteiger partial charge in [0.15, 0.2) is 0 Å². The molecule has 174 valence electrons. The van der Waals surface area contributed by atoms with Crippen molar-refractivity contribution < 1.29 is 26.4 Å². The number of carbonyl (C=O) groups is 1. The minimum atomic E-state index is -4.80. The van der Waals surface area contributed by atoms with Crippen LogP contribution >= 0.6 is 11.3 Å². The van der Waals surface area contributed by atoms with Crippen molar-refractivity contribution in [2.24, 2.45) is 0 Å². The van der Waals surface area contributed by atoms with Crippen molar-refractivity contribution in [2.45, 2.75) is 48.8 Å². The van der Waals surface area contributed by atoms with E-state index in [4.69, 9.17) is 0 Å². The molecule has 2 N–H and O–H groups in total. The first-order chi connectivity index (χ1) is 15.2. The Morgan fingerprint density at radius 3 is 2.72 bits per heavy atom. The fraction of sp³-hybridized carbons (Fsp3) is 0.476. The quantitative estimate of drug-likeness (QED) is 0.677. The molecule has 3 heterocycles. The molecule has 2 atom stereocenters. The van der Waals surface area contributed by atoms with Crippen molar-refractivity contribution in [2.75, 3.05) is 19.6 Å². The number of nitrogens with one attached hydrogen (secondary N) is 2. The van der Waals surface area contributed by atoms with Gasteiger partial charge in [0.05, 0.1) is 0 Å². The van der Waals surface area contributed by atoms with Crippen molar-refractivity contribution in [3.63, 3.8) is 0 Å². The van der Waals surface area contributed by atoms with Crippen LogP contribution in [0.3, 0.4) is 0 Å². The number of fused-ring (bicyclic) bond motifs is 1. The molecule has 0 bridgehead atoms. The zero-order valence-electron chi connectivity index (χ0n) is 17.2. The molecule has 1 unspecified atom stereocenters. The van der Waals surface area contributed by atoms with E-state index in [9.17, 15) is 26.4 Å². The summed E-state index contributed by atoms with van der Waals surface area (Å²) >= 11 is 0.910. The monoisotopic (exact) mass is 487 g/mol. The molecular formula is C21H24F3N3O3S2. The number of thiophene rings is 1. The Kier molecular flexibility index (Phi) is 6.62. The zero-order chi connectivity index (χ0) is 22.9. The first kappa shape index (κ1) is 23.2. The molecule has 1 saturated heterocycles. The highest BCUT2D eigenvalue weighted by atomic mass is 32.2. The Morgan fingerprint density at radius 1 is 1.22 bits per heavy atom. The molecule has 2 aromatic rings. The molecule has 0 aliphatic carbocycles. The number of hydrogen-bond acceptors (Lipinski definition) is 5. The molecule has 6 nitrogen and oxygen atoms in total. The van der Waals surface area contributed by atoms with Gasteiger partial charge in [-0.1, -0.05) is 30.7 Å². The van der Waals surface area contributed by atoms with E-state index < -0.39 is 28.1 Å². The van der Waals surface area contributed by atoms with E-state index in [1.54, 1.807) is 12.1 Å². The van der Waals surface area contributed by atoms with Gasteiger partial charge in [-0.2, -0.15) is 17.5 Å². The molecule has 0 radical (unpaired) electrons. The van der Waals surface area contributed by atoms with Crippen LogP contribution in [0.5, 0.6) is 0 Å². The van der Waals surface area contributed by atoms with Gasteiger partial charge in [-0.3, -0.25) is 4.79 Å². The van der Waals surface area contributed by atoms with Crippen LogP contribution in [0.25, 0.3) is 0 Å². The molecule has 11 heteroatoms. The van der Waals surface area contributed by atoms with Crippen LogP contribution in [0.4, 0.5) is 13.2 Å². The van der Waals surface area contributed by atoms with E-state index in [1.165, 1.54) is 23.6 Å². The summed E-state index contributed by atoms with van der Waals surface area (Å²) < 4.78 is 69.4. The smallest absolute Gasteiger partial charge is 0.350 e. The fourth-order valence-electron chi connectivity index (χ4n) is 4.33. The lowest BCUT2D eigenvalue weighted by Crippen LogP contribution is -2.46. The number of nitrogens with zero attached hydrogens (tertiary/aromatic N) is 1. The van der Waals surface area contributed by atoms with E-state index in [1.807, 2.05) is 0 Å². The van der Waals surface area contributed by atoms with Gasteiger partial charge in [0.2, 0.25) is 10.0 Å². The van der Waals surface area contributed by atoms with Crippen molar-refractivity contribution in [1.29, 1.82) is 0 Å². The summed E-state index contributed by atoms with van der Waals surface area (Å²) in [6.07, 6.45) is -1.62. The summed E-state index contributed by atoms with van der Waals surface area (Å²) in [6.45, 7) is 0.874. The average Bonchev–Trinajstić information content (AvgIpc) is 3.28. The average molecular weight is 488 g/mol. The van der Waals surface area contributed by atoms with Gasteiger partial charge in [-0.15, -0.1) is 11.3 Å². The summed E-state index contributed by atoms with van der Waals surface area (Å²) in [5.41, 5.74) is 0.406. The lowest BCUT2D eigenvalue weighted by atomic mass is 9.94. The van der Waals surface area contributed by atoms with Crippen molar-refractivity contribution in [1.82, 2.24) is 14.9 Å². The van der Waals surface area contributed by atoms with Gasteiger partial charge in [0.25, 0.3) is 5.91 Å². The number of amides is 1. The number of sulfonamides is 1. The highest BCUT2D eigenvalue weighted by Gasteiger charge is 2.52. The van der Waals surface area contributed by atoms with Crippen molar-refractivity contribution in [3.8, 4) is 0 Å². The van der Waals surface area contributed by atoms with Crippen molar-refractivity contribution in [3.05, 3.63) is 51.7 Å². The van der Waals surface area contributed by atoms with E-state index >= 15 is 0 Å². The molecule has 1 aromatic heterocycles. The lowest BCUT2D eigenvalue weighted by molar-refractivity contribution is -0.175. The zero-order valence-corrected chi connectivity index (χ0v) is 18.8. The number of halogens is 3. The highest BCUT2D eigenvalue weighted by Crippen LogP contribution is 2.44. The molecule has 2 aliphatic heterocycles. The third-order valence-electron chi connectivity index (χ3n) is 5.89. The topological polar surface area (TPSA) is 78.5 Å². The lowest BCUT2D eigenvalue weighted by Gasteiger charge is -2.37. The predicted octanol–water partition coefficient (Wildman–Crippen LogP) is 3.47. The first-order valence-corrected chi connectivity index (χ1v) is 12.8. The second-order valence-electron chi connectivity index (χ2n) is 7.98. The standard InChI is InChI=1S/C21H24F3N3O3S2/c22-21(23,24)19-16-7-2-1-5-14(16)8-11-27(19)32(29,30)17-9-12-31-18(17)20(28)26-13-15-6-3-4-10-25-15/h1-2,5,7,9,12,15,19,25H,3-4,6,8,10-11,13H2,(H,26,28)/t15-,19?/m1/s1. The molecule has 0 spiro atoms. The Labute approximate surface area is 188 Å². The molecule has 1 amide bonds. The van der Waals surface area contributed by atoms with Gasteiger partial charge in [-0.25, -0.2) is 8.42 Å². The molecule has 0 saturated carbocycles. The van der Waals surface area contributed by atoms with Crippen LogP contribution in [-0.4, -0.2) is 50.5 Å². The molecule has 2 aliphatic rings. The van der Waals surface area contributed by atoms with Crippen LogP contribution in [0.15, 0.2) is 40.6 Å². The summed E-state index contributed by atoms with van der Waals surface area (Å²) in [5, 5.41) is 7.43. The normalized spacial score (nSPS) is 22.3. The maximum absolute atomic E-state index is 14.0. The predicted molar refractivity (Wildman–Crippen MR) is 115 cm³/mol. The fourth-order valence-corrected chi connectivity index (χ4v) is 7.24. The van der Waals surface area contributed by atoms with Gasteiger partial charge >= 0.3 is 6.18 Å². The summed E-state index contributed by atoms with van der Waals surface area (Å²) in [7, 11) is -4.57. The minimum absolute atomic E-state index is 0.0700. The Bertz CT molecular complexity index is 1080. The van der Waals surface area contributed by atoms with E-state index in [0.717, 1.165) is 37.1 Å². The molecule has 4 rings (SSSR count).